The van der Waals surface area contributed by atoms with Crippen molar-refractivity contribution in [1.29, 1.82) is 0 Å². The molecule has 84 valence electrons. The molecule has 0 saturated carbocycles. The van der Waals surface area contributed by atoms with E-state index in [1.165, 1.54) is 0 Å². The molecule has 0 bridgehead atoms. The molecular formula is C11H13NO3P+. The molecule has 5 heteroatoms. The number of fused-ring (bicyclic) bond motifs is 1. The molecule has 4 nitrogen and oxygen atoms in total. The molecule has 0 aliphatic rings. The predicted molar refractivity (Wildman–Crippen MR) is 62.8 cm³/mol. The lowest BCUT2D eigenvalue weighted by Crippen LogP contribution is -1.87. The molecule has 0 spiro atoms. The zero-order valence-corrected chi connectivity index (χ0v) is 9.87. The number of aromatic nitrogens is 1. The van der Waals surface area contributed by atoms with E-state index in [0.717, 1.165) is 17.3 Å². The highest BCUT2D eigenvalue weighted by atomic mass is 31.1. The van der Waals surface area contributed by atoms with Gasteiger partial charge in [0.15, 0.2) is 0 Å². The third-order valence-corrected chi connectivity index (χ3v) is 2.86. The standard InChI is InChI=1S/C11H13NO3P/c1-2-7-14-16(13)15-11-8-12-10-6-4-3-5-9(10)11/h3-6,8,12H,2,7H2,1H3/q+1. The SMILES string of the molecule is CCCO[P+](=O)Oc1c[nH]c2ccccc12. The lowest BCUT2D eigenvalue weighted by Gasteiger charge is -1.90. The highest BCUT2D eigenvalue weighted by molar-refractivity contribution is 7.33. The minimum Gasteiger partial charge on any atom is -0.358 e. The number of H-pyrrole nitrogens is 1. The molecular weight excluding hydrogens is 225 g/mol. The van der Waals surface area contributed by atoms with Crippen LogP contribution < -0.4 is 4.52 Å². The van der Waals surface area contributed by atoms with Crippen molar-refractivity contribution in [2.24, 2.45) is 0 Å². The summed E-state index contributed by atoms with van der Waals surface area (Å²) in [6.45, 7) is 2.40. The fourth-order valence-electron chi connectivity index (χ4n) is 1.39. The largest absolute Gasteiger partial charge is 0.750 e. The van der Waals surface area contributed by atoms with Crippen LogP contribution in [-0.2, 0) is 9.09 Å². The minimum atomic E-state index is -2.08. The second-order valence-electron chi connectivity index (χ2n) is 3.35. The van der Waals surface area contributed by atoms with Crippen LogP contribution in [0.5, 0.6) is 5.75 Å². The fraction of sp³-hybridized carbons (Fsp3) is 0.273. The van der Waals surface area contributed by atoms with Gasteiger partial charge in [0, 0.05) is 15.5 Å². The van der Waals surface area contributed by atoms with Crippen molar-refractivity contribution in [3.63, 3.8) is 0 Å². The lowest BCUT2D eigenvalue weighted by molar-refractivity contribution is 0.287. The Kier molecular flexibility index (Phi) is 3.54. The first-order valence-electron chi connectivity index (χ1n) is 5.15. The summed E-state index contributed by atoms with van der Waals surface area (Å²) in [5, 5.41) is 0.908. The van der Waals surface area contributed by atoms with Gasteiger partial charge in [-0.3, -0.25) is 0 Å². The Bertz CT molecular complexity index is 495. The monoisotopic (exact) mass is 238 g/mol. The number of para-hydroxylation sites is 1. The van der Waals surface area contributed by atoms with Gasteiger partial charge in [-0.05, 0) is 18.6 Å². The first-order valence-corrected chi connectivity index (χ1v) is 6.25. The van der Waals surface area contributed by atoms with Gasteiger partial charge in [-0.25, -0.2) is 4.52 Å². The highest BCUT2D eigenvalue weighted by Gasteiger charge is 2.23. The molecule has 0 amide bonds. The van der Waals surface area contributed by atoms with E-state index in [1.54, 1.807) is 6.20 Å². The van der Waals surface area contributed by atoms with Gasteiger partial charge in [-0.2, -0.15) is 0 Å². The van der Waals surface area contributed by atoms with E-state index < -0.39 is 8.25 Å². The summed E-state index contributed by atoms with van der Waals surface area (Å²) >= 11 is 0. The number of nitrogens with one attached hydrogen (secondary N) is 1. The molecule has 0 radical (unpaired) electrons. The van der Waals surface area contributed by atoms with Crippen LogP contribution in [0.1, 0.15) is 13.3 Å². The normalized spacial score (nSPS) is 11.7. The third kappa shape index (κ3) is 2.40. The van der Waals surface area contributed by atoms with Crippen molar-refractivity contribution in [1.82, 2.24) is 4.98 Å². The summed E-state index contributed by atoms with van der Waals surface area (Å²) in [4.78, 5) is 3.04. The second-order valence-corrected chi connectivity index (χ2v) is 4.23. The van der Waals surface area contributed by atoms with Crippen LogP contribution in [-0.4, -0.2) is 11.6 Å². The van der Waals surface area contributed by atoms with E-state index in [9.17, 15) is 4.57 Å². The zero-order valence-electron chi connectivity index (χ0n) is 8.97. The number of hydrogen-bond acceptors (Lipinski definition) is 3. The minimum absolute atomic E-state index is 0.442. The molecule has 1 unspecified atom stereocenters. The van der Waals surface area contributed by atoms with Crippen molar-refractivity contribution in [3.05, 3.63) is 30.5 Å². The molecule has 0 saturated heterocycles. The number of hydrogen-bond donors (Lipinski definition) is 1. The quantitative estimate of drug-likeness (QED) is 0.809. The first kappa shape index (κ1) is 11.1. The zero-order chi connectivity index (χ0) is 11.4. The van der Waals surface area contributed by atoms with Crippen LogP contribution in [0.2, 0.25) is 0 Å². The van der Waals surface area contributed by atoms with Gasteiger partial charge in [0.1, 0.15) is 6.61 Å². The third-order valence-electron chi connectivity index (χ3n) is 2.12. The molecule has 0 fully saturated rings. The van der Waals surface area contributed by atoms with Crippen molar-refractivity contribution < 1.29 is 13.6 Å². The summed E-state index contributed by atoms with van der Waals surface area (Å²) < 4.78 is 21.6. The average molecular weight is 238 g/mol. The topological polar surface area (TPSA) is 51.3 Å². The Morgan fingerprint density at radius 2 is 2.19 bits per heavy atom. The van der Waals surface area contributed by atoms with E-state index >= 15 is 0 Å². The Morgan fingerprint density at radius 3 is 3.00 bits per heavy atom. The first-order chi connectivity index (χ1) is 7.81. The highest BCUT2D eigenvalue weighted by Crippen LogP contribution is 2.33. The Labute approximate surface area is 94.5 Å². The smallest absolute Gasteiger partial charge is 0.358 e. The molecule has 1 N–H and O–H groups in total. The van der Waals surface area contributed by atoms with Crippen LogP contribution in [0.25, 0.3) is 10.9 Å². The van der Waals surface area contributed by atoms with Gasteiger partial charge in [-0.1, -0.05) is 19.1 Å². The maximum absolute atomic E-state index is 11.4. The van der Waals surface area contributed by atoms with Crippen molar-refractivity contribution in [3.8, 4) is 5.75 Å². The van der Waals surface area contributed by atoms with Crippen LogP contribution >= 0.6 is 8.25 Å². The average Bonchev–Trinajstić information content (AvgIpc) is 2.70. The van der Waals surface area contributed by atoms with Gasteiger partial charge < -0.3 is 4.98 Å². The molecule has 0 aliphatic heterocycles. The lowest BCUT2D eigenvalue weighted by atomic mass is 10.2. The van der Waals surface area contributed by atoms with Gasteiger partial charge in [0.2, 0.25) is 5.75 Å². The molecule has 16 heavy (non-hydrogen) atoms. The van der Waals surface area contributed by atoms with E-state index in [4.69, 9.17) is 9.05 Å². The van der Waals surface area contributed by atoms with E-state index in [-0.39, 0.29) is 0 Å². The van der Waals surface area contributed by atoms with Crippen molar-refractivity contribution in [2.45, 2.75) is 13.3 Å². The van der Waals surface area contributed by atoms with E-state index in [0.29, 0.717) is 12.4 Å². The van der Waals surface area contributed by atoms with Gasteiger partial charge in [0.25, 0.3) is 0 Å². The summed E-state index contributed by atoms with van der Waals surface area (Å²) in [7, 11) is -2.08. The van der Waals surface area contributed by atoms with E-state index in [2.05, 4.69) is 4.98 Å². The van der Waals surface area contributed by atoms with Crippen LogP contribution in [0.3, 0.4) is 0 Å². The molecule has 1 aromatic carbocycles. The Hall–Kier alpha value is -1.38. The molecule has 2 aromatic rings. The van der Waals surface area contributed by atoms with Crippen molar-refractivity contribution in [2.75, 3.05) is 6.61 Å². The molecule has 2 rings (SSSR count). The fourth-order valence-corrected chi connectivity index (χ4v) is 2.09. The van der Waals surface area contributed by atoms with Gasteiger partial charge in [0.05, 0.1) is 6.20 Å². The number of rotatable bonds is 5. The number of aromatic amines is 1. The maximum Gasteiger partial charge on any atom is 0.750 e. The predicted octanol–water partition coefficient (Wildman–Crippen LogP) is 3.63. The maximum atomic E-state index is 11.4. The summed E-state index contributed by atoms with van der Waals surface area (Å²) in [5.74, 6) is 0.563. The van der Waals surface area contributed by atoms with Crippen molar-refractivity contribution >= 4 is 19.2 Å². The van der Waals surface area contributed by atoms with Crippen LogP contribution in [0, 0.1) is 0 Å². The van der Waals surface area contributed by atoms with Crippen LogP contribution in [0.15, 0.2) is 30.5 Å². The molecule has 1 atom stereocenters. The number of benzene rings is 1. The van der Waals surface area contributed by atoms with Gasteiger partial charge >= 0.3 is 8.25 Å². The molecule has 0 aliphatic carbocycles. The van der Waals surface area contributed by atoms with E-state index in [1.807, 2.05) is 31.2 Å². The Morgan fingerprint density at radius 1 is 1.38 bits per heavy atom. The second kappa shape index (κ2) is 5.10. The molecule has 1 heterocycles. The van der Waals surface area contributed by atoms with Crippen LogP contribution in [0.4, 0.5) is 0 Å². The summed E-state index contributed by atoms with van der Waals surface area (Å²) in [6, 6.07) is 7.67. The Balaban J connectivity index is 2.12. The molecule has 1 aromatic heterocycles. The summed E-state index contributed by atoms with van der Waals surface area (Å²) in [5.41, 5.74) is 0.955. The summed E-state index contributed by atoms with van der Waals surface area (Å²) in [6.07, 6.45) is 2.51. The van der Waals surface area contributed by atoms with Gasteiger partial charge in [-0.15, -0.1) is 4.52 Å².